The monoisotopic (exact) mass is 428 g/mol. The van der Waals surface area contributed by atoms with Gasteiger partial charge in [0.25, 0.3) is 0 Å². The topological polar surface area (TPSA) is 74.8 Å². The number of nitrogens with one attached hydrogen (secondary N) is 1. The number of likely N-dealkylation sites (tertiary alicyclic amines) is 1. The van der Waals surface area contributed by atoms with Crippen molar-refractivity contribution in [3.05, 3.63) is 23.9 Å². The zero-order valence-electron chi connectivity index (χ0n) is 19.1. The second-order valence-electron chi connectivity index (χ2n) is 10.3. The predicted molar refractivity (Wildman–Crippen MR) is 121 cm³/mol. The van der Waals surface area contributed by atoms with Crippen molar-refractivity contribution in [1.82, 2.24) is 15.2 Å². The van der Waals surface area contributed by atoms with Gasteiger partial charge in [0.15, 0.2) is 5.78 Å². The Morgan fingerprint density at radius 1 is 1.10 bits per heavy atom. The number of anilines is 1. The molecule has 1 amide bonds. The Balaban J connectivity index is 1.34. The summed E-state index contributed by atoms with van der Waals surface area (Å²) in [5, 5.41) is 2.88. The lowest BCUT2D eigenvalue weighted by atomic mass is 9.99. The van der Waals surface area contributed by atoms with Crippen LogP contribution in [0.3, 0.4) is 0 Å². The van der Waals surface area contributed by atoms with Gasteiger partial charge in [-0.25, -0.2) is 9.78 Å². The number of hydrogen-bond acceptors (Lipinski definition) is 6. The Morgan fingerprint density at radius 3 is 2.35 bits per heavy atom. The van der Waals surface area contributed by atoms with E-state index in [-0.39, 0.29) is 23.5 Å². The number of carbonyl (C=O) groups is 2. The minimum absolute atomic E-state index is 0.0542. The lowest BCUT2D eigenvalue weighted by Crippen LogP contribution is -2.48. The number of piperidine rings is 2. The molecule has 7 nitrogen and oxygen atoms in total. The van der Waals surface area contributed by atoms with E-state index in [1.807, 2.05) is 32.9 Å². The number of pyridine rings is 1. The largest absolute Gasteiger partial charge is 0.446 e. The molecule has 0 aliphatic carbocycles. The molecule has 3 saturated heterocycles. The molecule has 4 heterocycles. The summed E-state index contributed by atoms with van der Waals surface area (Å²) in [6, 6.07) is 4.57. The van der Waals surface area contributed by atoms with Gasteiger partial charge in [0.05, 0.1) is 6.54 Å². The van der Waals surface area contributed by atoms with Crippen molar-refractivity contribution >= 4 is 17.7 Å². The molecule has 1 aromatic rings. The second kappa shape index (κ2) is 9.15. The third-order valence-electron chi connectivity index (χ3n) is 6.59. The van der Waals surface area contributed by atoms with E-state index in [2.05, 4.69) is 20.1 Å². The van der Waals surface area contributed by atoms with E-state index in [9.17, 15) is 9.59 Å². The van der Waals surface area contributed by atoms with E-state index in [1.165, 1.54) is 19.3 Å². The van der Waals surface area contributed by atoms with Crippen LogP contribution < -0.4 is 10.2 Å². The van der Waals surface area contributed by atoms with E-state index in [4.69, 9.17) is 4.74 Å². The third-order valence-corrected chi connectivity index (χ3v) is 6.59. The van der Waals surface area contributed by atoms with Crippen LogP contribution in [0.15, 0.2) is 18.3 Å². The molecule has 31 heavy (non-hydrogen) atoms. The molecule has 170 valence electrons. The molecule has 7 heteroatoms. The molecule has 0 aromatic carbocycles. The maximum Gasteiger partial charge on any atom is 0.407 e. The van der Waals surface area contributed by atoms with Crippen molar-refractivity contribution in [3.8, 4) is 0 Å². The van der Waals surface area contributed by atoms with Crippen LogP contribution in [0.25, 0.3) is 0 Å². The Morgan fingerprint density at radius 2 is 1.77 bits per heavy atom. The van der Waals surface area contributed by atoms with Gasteiger partial charge in [-0.1, -0.05) is 6.42 Å². The summed E-state index contributed by atoms with van der Waals surface area (Å²) in [6.45, 7) is 8.38. The van der Waals surface area contributed by atoms with Gasteiger partial charge in [-0.05, 0) is 71.7 Å². The minimum atomic E-state index is -0.333. The van der Waals surface area contributed by atoms with Crippen LogP contribution in [0.4, 0.5) is 10.6 Å². The second-order valence-corrected chi connectivity index (χ2v) is 10.3. The fourth-order valence-corrected chi connectivity index (χ4v) is 5.20. The summed E-state index contributed by atoms with van der Waals surface area (Å²) in [4.78, 5) is 34.1. The van der Waals surface area contributed by atoms with Crippen molar-refractivity contribution in [3.63, 3.8) is 0 Å². The summed E-state index contributed by atoms with van der Waals surface area (Å²) in [5.41, 5.74) is 0.396. The molecule has 0 radical (unpaired) electrons. The maximum atomic E-state index is 12.6. The number of fused-ring (bicyclic) bond motifs is 2. The molecular weight excluding hydrogens is 392 g/mol. The molecule has 0 spiro atoms. The quantitative estimate of drug-likeness (QED) is 0.720. The van der Waals surface area contributed by atoms with Crippen molar-refractivity contribution in [2.45, 2.75) is 89.4 Å². The minimum Gasteiger partial charge on any atom is -0.446 e. The number of aromatic nitrogens is 1. The Labute approximate surface area is 185 Å². The highest BCUT2D eigenvalue weighted by atomic mass is 16.6. The summed E-state index contributed by atoms with van der Waals surface area (Å²) in [5.74, 6) is 1.08. The Kier molecular flexibility index (Phi) is 6.51. The molecule has 3 fully saturated rings. The predicted octanol–water partition coefficient (Wildman–Crippen LogP) is 3.77. The number of ether oxygens (including phenoxy) is 1. The number of rotatable bonds is 5. The van der Waals surface area contributed by atoms with E-state index < -0.39 is 0 Å². The van der Waals surface area contributed by atoms with Crippen molar-refractivity contribution in [2.75, 3.05) is 24.5 Å². The molecule has 2 unspecified atom stereocenters. The highest BCUT2D eigenvalue weighted by Gasteiger charge is 2.42. The Bertz CT molecular complexity index is 769. The fraction of sp³-hybridized carbons (Fsp3) is 0.708. The number of carbonyl (C=O) groups excluding carboxylic acids is 2. The van der Waals surface area contributed by atoms with Gasteiger partial charge in [0.1, 0.15) is 11.9 Å². The molecule has 3 aliphatic rings. The van der Waals surface area contributed by atoms with Gasteiger partial charge in [0, 0.05) is 42.2 Å². The normalized spacial score (nSPS) is 26.5. The molecular formula is C24H36N4O3. The summed E-state index contributed by atoms with van der Waals surface area (Å²) in [7, 11) is 0. The average molecular weight is 429 g/mol. The first-order valence-electron chi connectivity index (χ1n) is 11.8. The average Bonchev–Trinajstić information content (AvgIpc) is 2.98. The summed E-state index contributed by atoms with van der Waals surface area (Å²) < 4.78 is 5.71. The summed E-state index contributed by atoms with van der Waals surface area (Å²) >= 11 is 0. The van der Waals surface area contributed by atoms with Crippen LogP contribution in [0.2, 0.25) is 0 Å². The Hall–Kier alpha value is -2.15. The number of hydrogen-bond donors (Lipinski definition) is 1. The molecule has 1 aromatic heterocycles. The lowest BCUT2D eigenvalue weighted by molar-refractivity contribution is 0.0683. The van der Waals surface area contributed by atoms with E-state index >= 15 is 0 Å². The maximum absolute atomic E-state index is 12.6. The van der Waals surface area contributed by atoms with Gasteiger partial charge < -0.3 is 15.0 Å². The number of alkyl carbamates (subject to hydrolysis) is 1. The standard InChI is InChI=1S/C24H36N4O3/c1-24(2,3)26-23(30)31-20-13-18-8-9-19(14-20)28(18)22-10-7-17(15-25-22)21(29)16-27-11-5-4-6-12-27/h7,10,15,18-20H,4-6,8-9,11-14,16H2,1-3H3,(H,26,30). The van der Waals surface area contributed by atoms with Crippen LogP contribution in [0.1, 0.15) is 76.1 Å². The molecule has 0 saturated carbocycles. The first-order chi connectivity index (χ1) is 14.8. The van der Waals surface area contributed by atoms with Crippen LogP contribution in [-0.4, -0.2) is 65.1 Å². The van der Waals surface area contributed by atoms with Crippen LogP contribution >= 0.6 is 0 Å². The van der Waals surface area contributed by atoms with E-state index in [0.717, 1.165) is 44.6 Å². The van der Waals surface area contributed by atoms with Gasteiger partial charge in [-0.2, -0.15) is 0 Å². The molecule has 2 bridgehead atoms. The van der Waals surface area contributed by atoms with Crippen LogP contribution in [0, 0.1) is 0 Å². The lowest BCUT2D eigenvalue weighted by Gasteiger charge is -2.39. The van der Waals surface area contributed by atoms with Crippen LogP contribution in [-0.2, 0) is 4.74 Å². The SMILES string of the molecule is CC(C)(C)NC(=O)OC1CC2CCC(C1)N2c1ccc(C(=O)CN2CCCCC2)cn1. The van der Waals surface area contributed by atoms with Gasteiger partial charge >= 0.3 is 6.09 Å². The van der Waals surface area contributed by atoms with Gasteiger partial charge in [0.2, 0.25) is 0 Å². The van der Waals surface area contributed by atoms with E-state index in [1.54, 1.807) is 6.20 Å². The smallest absolute Gasteiger partial charge is 0.407 e. The molecule has 4 rings (SSSR count). The zero-order valence-corrected chi connectivity index (χ0v) is 19.1. The number of amides is 1. The zero-order chi connectivity index (χ0) is 22.0. The first-order valence-corrected chi connectivity index (χ1v) is 11.8. The molecule has 1 N–H and O–H groups in total. The molecule has 3 aliphatic heterocycles. The van der Waals surface area contributed by atoms with Gasteiger partial charge in [-0.3, -0.25) is 9.69 Å². The van der Waals surface area contributed by atoms with E-state index in [0.29, 0.717) is 24.2 Å². The van der Waals surface area contributed by atoms with Crippen molar-refractivity contribution in [1.29, 1.82) is 0 Å². The van der Waals surface area contributed by atoms with Crippen LogP contribution in [0.5, 0.6) is 0 Å². The highest BCUT2D eigenvalue weighted by molar-refractivity contribution is 5.97. The molecule has 2 atom stereocenters. The van der Waals surface area contributed by atoms with Gasteiger partial charge in [-0.15, -0.1) is 0 Å². The third kappa shape index (κ3) is 5.56. The number of ketones is 1. The highest BCUT2D eigenvalue weighted by Crippen LogP contribution is 2.39. The summed E-state index contributed by atoms with van der Waals surface area (Å²) in [6.07, 6.45) is 8.81. The van der Waals surface area contributed by atoms with Crippen molar-refractivity contribution < 1.29 is 14.3 Å². The fourth-order valence-electron chi connectivity index (χ4n) is 5.20. The first kappa shape index (κ1) is 22.1. The van der Waals surface area contributed by atoms with Crippen molar-refractivity contribution in [2.24, 2.45) is 0 Å². The number of nitrogens with zero attached hydrogens (tertiary/aromatic N) is 3. The number of Topliss-reactive ketones (excluding diaryl/α,β-unsaturated/α-hetero) is 1.